The summed E-state index contributed by atoms with van der Waals surface area (Å²) in [6.45, 7) is 0.350. The van der Waals surface area contributed by atoms with E-state index in [9.17, 15) is 19.2 Å². The van der Waals surface area contributed by atoms with Crippen molar-refractivity contribution in [2.24, 2.45) is 10.2 Å². The van der Waals surface area contributed by atoms with Crippen molar-refractivity contribution in [3.8, 4) is 0 Å². The van der Waals surface area contributed by atoms with Crippen molar-refractivity contribution < 1.29 is 46.9 Å². The van der Waals surface area contributed by atoms with Gasteiger partial charge in [-0.2, -0.15) is 0 Å². The number of azide groups is 2. The molecule has 0 spiro atoms. The predicted octanol–water partition coefficient (Wildman–Crippen LogP) is 7.48. The first-order chi connectivity index (χ1) is 28.8. The number of aromatic nitrogens is 2. The Morgan fingerprint density at radius 2 is 1.00 bits per heavy atom. The molecule has 312 valence electrons. The topological polar surface area (TPSA) is 249 Å². The van der Waals surface area contributed by atoms with Crippen LogP contribution >= 0.6 is 0 Å². The van der Waals surface area contributed by atoms with Gasteiger partial charge in [0.1, 0.15) is 11.4 Å². The maximum absolute atomic E-state index is 13.1. The number of rotatable bonds is 18. The molecule has 0 saturated heterocycles. The smallest absolute Gasteiger partial charge is 0.267 e. The lowest BCUT2D eigenvalue weighted by Crippen LogP contribution is -2.37. The van der Waals surface area contributed by atoms with Gasteiger partial charge in [0.2, 0.25) is 11.8 Å². The van der Waals surface area contributed by atoms with Crippen LogP contribution in [0.25, 0.3) is 45.2 Å². The Bertz CT molecular complexity index is 2030. The number of ether oxygens (including phenoxy) is 1. The van der Waals surface area contributed by atoms with Crippen LogP contribution in [0, 0.1) is 0 Å². The molecule has 0 aliphatic carbocycles. The number of hydrogen-bond acceptors (Lipinski definition) is 9. The molecule has 4 N–H and O–H groups in total. The van der Waals surface area contributed by atoms with E-state index in [1.165, 1.54) is 36.7 Å². The molecule has 60 heavy (non-hydrogen) atoms. The first kappa shape index (κ1) is 49.8. The molecule has 0 unspecified atom stereocenters. The summed E-state index contributed by atoms with van der Waals surface area (Å²) in [5, 5.41) is 17.6. The van der Waals surface area contributed by atoms with Crippen LogP contribution in [0.1, 0.15) is 22.3 Å². The van der Waals surface area contributed by atoms with Gasteiger partial charge >= 0.3 is 0 Å². The number of nitrogens with zero attached hydrogens (tertiary/aromatic N) is 8. The van der Waals surface area contributed by atoms with Crippen LogP contribution in [0.3, 0.4) is 0 Å². The lowest BCUT2D eigenvalue weighted by molar-refractivity contribution is -0.121. The van der Waals surface area contributed by atoms with Gasteiger partial charge in [-0.25, -0.2) is 0 Å². The molecule has 2 heterocycles. The summed E-state index contributed by atoms with van der Waals surface area (Å²) in [5.74, 6) is -2.25. The molecule has 17 nitrogen and oxygen atoms in total. The Morgan fingerprint density at radius 1 is 0.617 bits per heavy atom. The summed E-state index contributed by atoms with van der Waals surface area (Å²) in [6, 6.07) is 19.9. The van der Waals surface area contributed by atoms with Gasteiger partial charge in [-0.3, -0.25) is 33.9 Å². The molecule has 0 bridgehead atoms. The first-order valence-corrected chi connectivity index (χ1v) is 16.8. The third-order valence-corrected chi connectivity index (χ3v) is 7.02. The van der Waals surface area contributed by atoms with E-state index in [0.29, 0.717) is 33.6 Å². The molecule has 0 atom stereocenters. The number of carbonyl (C=O) groups is 4. The zero-order valence-corrected chi connectivity index (χ0v) is 31.1. The van der Waals surface area contributed by atoms with Gasteiger partial charge < -0.3 is 26.0 Å². The molecule has 22 heteroatoms. The highest BCUT2D eigenvalue weighted by molar-refractivity contribution is 6.05. The summed E-state index contributed by atoms with van der Waals surface area (Å²) < 4.78 is 37.6. The van der Waals surface area contributed by atoms with Crippen LogP contribution in [0.4, 0.5) is 34.4 Å². The fraction of sp³-hybridized carbons (Fsp3) is 0.105. The fourth-order valence-corrected chi connectivity index (χ4v) is 4.44. The van der Waals surface area contributed by atoms with Gasteiger partial charge in [0, 0.05) is 89.5 Å². The van der Waals surface area contributed by atoms with Crippen LogP contribution in [-0.2, 0) is 23.9 Å². The number of halogens is 5. The minimum absolute atomic E-state index is 0. The first-order valence-electron chi connectivity index (χ1n) is 16.8. The van der Waals surface area contributed by atoms with Crippen molar-refractivity contribution in [3.63, 3.8) is 0 Å². The van der Waals surface area contributed by atoms with Crippen LogP contribution in [0.2, 0.25) is 0 Å². The lowest BCUT2D eigenvalue weighted by Gasteiger charge is -2.12. The van der Waals surface area contributed by atoms with E-state index in [1.54, 1.807) is 97.3 Å². The van der Waals surface area contributed by atoms with E-state index in [2.05, 4.69) is 51.3 Å². The maximum Gasteiger partial charge on any atom is 0.267 e. The number of benzene rings is 2. The van der Waals surface area contributed by atoms with E-state index >= 15 is 0 Å². The zero-order valence-electron chi connectivity index (χ0n) is 31.1. The minimum atomic E-state index is -0.568. The number of nitrogens with one attached hydrogen (secondary N) is 4. The molecular formula is C38H35F5N12O5. The third-order valence-electron chi connectivity index (χ3n) is 7.02. The summed E-state index contributed by atoms with van der Waals surface area (Å²) in [6.07, 6.45) is 14.8. The van der Waals surface area contributed by atoms with Gasteiger partial charge in [0.05, 0.1) is 13.2 Å². The largest absolute Gasteiger partial charge is 0.378 e. The average molecular weight is 835 g/mol. The molecule has 4 amide bonds. The molecular weight excluding hydrogens is 799 g/mol. The second-order valence-corrected chi connectivity index (χ2v) is 11.0. The van der Waals surface area contributed by atoms with E-state index in [-0.39, 0.29) is 42.4 Å². The van der Waals surface area contributed by atoms with E-state index in [0.717, 1.165) is 0 Å². The molecule has 0 saturated carbocycles. The SMILES string of the molecule is F.FF.FF.[N-]=[N+]=Nc1ccc(/C=C/C(=O)N/C(=C\c2cccnc2)C(=O)NCCOCCNC(=O)/C(=C/c2cccnc2)NC(=O)/C=C/c2ccc(N=[N+]=[N-])cc2)cc1. The van der Waals surface area contributed by atoms with Crippen LogP contribution in [-0.4, -0.2) is 59.9 Å². The highest BCUT2D eigenvalue weighted by atomic mass is 20.0. The third kappa shape index (κ3) is 19.6. The number of hydrogen-bond donors (Lipinski definition) is 4. The molecule has 0 aliphatic rings. The Balaban J connectivity index is 0.00000349. The van der Waals surface area contributed by atoms with E-state index < -0.39 is 23.6 Å². The summed E-state index contributed by atoms with van der Waals surface area (Å²) in [4.78, 5) is 65.1. The zero-order chi connectivity index (χ0) is 43.1. The lowest BCUT2D eigenvalue weighted by atomic mass is 10.2. The normalized spacial score (nSPS) is 10.5. The summed E-state index contributed by atoms with van der Waals surface area (Å²) in [5.41, 5.74) is 20.4. The Hall–Kier alpha value is -8.19. The van der Waals surface area contributed by atoms with Gasteiger partial charge in [-0.1, -0.05) is 70.9 Å². The van der Waals surface area contributed by atoms with Crippen molar-refractivity contribution in [1.82, 2.24) is 31.2 Å². The minimum Gasteiger partial charge on any atom is -0.378 e. The molecule has 0 aliphatic heterocycles. The highest BCUT2D eigenvalue weighted by Gasteiger charge is 2.14. The van der Waals surface area contributed by atoms with Crippen molar-refractivity contribution in [2.75, 3.05) is 26.3 Å². The highest BCUT2D eigenvalue weighted by Crippen LogP contribution is 2.15. The molecule has 4 aromatic rings. The van der Waals surface area contributed by atoms with Crippen LogP contribution < -0.4 is 21.3 Å². The van der Waals surface area contributed by atoms with Crippen molar-refractivity contribution in [2.45, 2.75) is 0 Å². The molecule has 0 fully saturated rings. The molecule has 0 radical (unpaired) electrons. The van der Waals surface area contributed by atoms with Gasteiger partial charge in [0.15, 0.2) is 0 Å². The molecule has 2 aromatic heterocycles. The quantitative estimate of drug-likeness (QED) is 0.0196. The molecule has 4 rings (SSSR count). The van der Waals surface area contributed by atoms with Crippen molar-refractivity contribution >= 4 is 59.3 Å². The number of pyridine rings is 2. The second kappa shape index (κ2) is 30.0. The van der Waals surface area contributed by atoms with Crippen LogP contribution in [0.5, 0.6) is 0 Å². The Labute approximate surface area is 337 Å². The Kier molecular flexibility index (Phi) is 24.9. The summed E-state index contributed by atoms with van der Waals surface area (Å²) in [7, 11) is 0. The van der Waals surface area contributed by atoms with E-state index in [1.807, 2.05) is 0 Å². The number of amides is 4. The van der Waals surface area contributed by atoms with Crippen molar-refractivity contribution in [3.05, 3.63) is 164 Å². The Morgan fingerprint density at radius 3 is 1.33 bits per heavy atom. The predicted molar refractivity (Wildman–Crippen MR) is 213 cm³/mol. The fourth-order valence-electron chi connectivity index (χ4n) is 4.44. The molecule has 2 aromatic carbocycles. The number of carbonyl (C=O) groups excluding carboxylic acids is 4. The monoisotopic (exact) mass is 834 g/mol. The van der Waals surface area contributed by atoms with Gasteiger partial charge in [-0.15, -0.1) is 0 Å². The van der Waals surface area contributed by atoms with Gasteiger partial charge in [0.25, 0.3) is 11.8 Å². The standard InChI is InChI=1S/C38H34N12O5.2F2.FH/c39-49-47-31-11-5-27(6-12-31)9-15-35(51)45-33(23-29-3-1-17-41-25-29)37(53)43-19-21-55-22-20-44-38(54)34(24-30-4-2-18-42-26-30)46-36(52)16-10-28-7-13-32(14-8-28)48-50-40;2*1-2;/h1-18,23-26H,19-22H2,(H,43,53)(H,44,54)(H,45,51)(H,46,52);;;1H/b15-9+,16-10+,33-23-,34-24-;;;. The second-order valence-electron chi connectivity index (χ2n) is 11.0. The van der Waals surface area contributed by atoms with Gasteiger partial charge in [-0.05, 0) is 69.8 Å². The summed E-state index contributed by atoms with van der Waals surface area (Å²) >= 11 is 0. The van der Waals surface area contributed by atoms with E-state index in [4.69, 9.17) is 34.1 Å². The van der Waals surface area contributed by atoms with Crippen molar-refractivity contribution in [1.29, 1.82) is 0 Å². The average Bonchev–Trinajstić information content (AvgIpc) is 3.27. The van der Waals surface area contributed by atoms with Crippen LogP contribution in [0.15, 0.2) is 131 Å². The maximum atomic E-state index is 13.1.